The summed E-state index contributed by atoms with van der Waals surface area (Å²) in [6.07, 6.45) is 1.17. The molecule has 84 valence electrons. The van der Waals surface area contributed by atoms with Gasteiger partial charge in [0, 0.05) is 0 Å². The van der Waals surface area contributed by atoms with E-state index in [-0.39, 0.29) is 14.0 Å². The van der Waals surface area contributed by atoms with Crippen LogP contribution in [-0.4, -0.2) is 5.11 Å². The summed E-state index contributed by atoms with van der Waals surface area (Å²) in [4.78, 5) is 0. The van der Waals surface area contributed by atoms with E-state index in [0.29, 0.717) is 0 Å². The molecule has 0 aliphatic carbocycles. The van der Waals surface area contributed by atoms with Crippen LogP contribution in [0.3, 0.4) is 0 Å². The molecule has 0 aliphatic rings. The average Bonchev–Trinajstić information content (AvgIpc) is 2.92. The molecular weight excluding hydrogens is 224 g/mol. The zero-order chi connectivity index (χ0) is 10.2. The van der Waals surface area contributed by atoms with E-state index in [1.165, 1.54) is 12.0 Å². The summed E-state index contributed by atoms with van der Waals surface area (Å²) in [5.41, 5.74) is 2.45. The lowest BCUT2D eigenvalue weighted by atomic mass is 10.3. The Bertz CT molecular complexity index is 277. The molecule has 2 rings (SSSR count). The molecule has 2 heterocycles. The van der Waals surface area contributed by atoms with Crippen LogP contribution in [0.5, 0.6) is 0 Å². The number of aryl methyl sites for hydroxylation is 1. The fourth-order valence-corrected chi connectivity index (χ4v) is 2.29. The van der Waals surface area contributed by atoms with Crippen molar-refractivity contribution < 1.29 is 5.11 Å². The quantitative estimate of drug-likeness (QED) is 0.837. The van der Waals surface area contributed by atoms with Gasteiger partial charge in [-0.25, -0.2) is 0 Å². The smallest absolute Gasteiger partial charge is 0.0689 e. The van der Waals surface area contributed by atoms with E-state index >= 15 is 0 Å². The molecule has 0 atom stereocenters. The van der Waals surface area contributed by atoms with Crippen LogP contribution in [-0.2, 0) is 13.0 Å². The molecule has 1 N–H and O–H groups in total. The van der Waals surface area contributed by atoms with Crippen LogP contribution in [0.1, 0.15) is 25.5 Å². The zero-order valence-corrected chi connectivity index (χ0v) is 9.78. The number of aliphatic hydroxyl groups excluding tert-OH is 1. The van der Waals surface area contributed by atoms with Gasteiger partial charge < -0.3 is 5.11 Å². The SMILES string of the molecule is C.CCc1ccsc1.OCc1ccsc1. The standard InChI is InChI=1S/C6H8S.C5H6OS.CH4/c1-2-6-3-4-7-5-6;6-3-5-1-2-7-4-5;/h3-5H,2H2,1H3;1-2,4,6H,3H2;1H4. The van der Waals surface area contributed by atoms with Crippen molar-refractivity contribution in [1.29, 1.82) is 0 Å². The first kappa shape index (κ1) is 14.4. The molecule has 0 fully saturated rings. The highest BCUT2D eigenvalue weighted by molar-refractivity contribution is 7.08. The number of hydrogen-bond acceptors (Lipinski definition) is 3. The molecule has 0 aromatic carbocycles. The van der Waals surface area contributed by atoms with Gasteiger partial charge >= 0.3 is 0 Å². The Labute approximate surface area is 100 Å². The summed E-state index contributed by atoms with van der Waals surface area (Å²) in [6.45, 7) is 2.34. The van der Waals surface area contributed by atoms with Gasteiger partial charge in [-0.15, -0.1) is 0 Å². The molecule has 0 saturated carbocycles. The van der Waals surface area contributed by atoms with Crippen LogP contribution in [0.4, 0.5) is 0 Å². The molecule has 15 heavy (non-hydrogen) atoms. The number of aliphatic hydroxyl groups is 1. The highest BCUT2D eigenvalue weighted by Crippen LogP contribution is 2.05. The predicted octanol–water partition coefficient (Wildman–Crippen LogP) is 4.19. The Kier molecular flexibility index (Phi) is 8.28. The van der Waals surface area contributed by atoms with Crippen molar-refractivity contribution in [1.82, 2.24) is 0 Å². The van der Waals surface area contributed by atoms with Crippen LogP contribution in [0.25, 0.3) is 0 Å². The van der Waals surface area contributed by atoms with Crippen LogP contribution < -0.4 is 0 Å². The third kappa shape index (κ3) is 5.72. The van der Waals surface area contributed by atoms with Gasteiger partial charge in [0.1, 0.15) is 0 Å². The molecule has 0 aliphatic heterocycles. The summed E-state index contributed by atoms with van der Waals surface area (Å²) in [5.74, 6) is 0. The minimum absolute atomic E-state index is 0. The lowest BCUT2D eigenvalue weighted by Gasteiger charge is -1.78. The first-order valence-electron chi connectivity index (χ1n) is 4.49. The summed E-state index contributed by atoms with van der Waals surface area (Å²) in [6, 6.07) is 4.06. The average molecular weight is 242 g/mol. The van der Waals surface area contributed by atoms with Crippen molar-refractivity contribution in [2.75, 3.05) is 0 Å². The fraction of sp³-hybridized carbons (Fsp3) is 0.333. The monoisotopic (exact) mass is 242 g/mol. The largest absolute Gasteiger partial charge is 0.392 e. The highest BCUT2D eigenvalue weighted by Gasteiger charge is 1.83. The van der Waals surface area contributed by atoms with Gasteiger partial charge in [-0.1, -0.05) is 14.4 Å². The fourth-order valence-electron chi connectivity index (χ4n) is 0.876. The second kappa shape index (κ2) is 8.65. The summed E-state index contributed by atoms with van der Waals surface area (Å²) in [7, 11) is 0. The van der Waals surface area contributed by atoms with Crippen molar-refractivity contribution >= 4 is 22.7 Å². The number of hydrogen-bond donors (Lipinski definition) is 1. The van der Waals surface area contributed by atoms with Crippen LogP contribution in [0.2, 0.25) is 0 Å². The molecule has 0 amide bonds. The van der Waals surface area contributed by atoms with E-state index in [1.807, 2.05) is 16.8 Å². The van der Waals surface area contributed by atoms with E-state index in [2.05, 4.69) is 23.8 Å². The molecule has 0 saturated heterocycles. The van der Waals surface area contributed by atoms with Gasteiger partial charge in [-0.3, -0.25) is 0 Å². The molecule has 0 bridgehead atoms. The van der Waals surface area contributed by atoms with Gasteiger partial charge in [-0.05, 0) is 51.2 Å². The van der Waals surface area contributed by atoms with Crippen molar-refractivity contribution in [2.45, 2.75) is 27.4 Å². The minimum Gasteiger partial charge on any atom is -0.392 e. The maximum absolute atomic E-state index is 8.43. The second-order valence-electron chi connectivity index (χ2n) is 2.77. The molecule has 2 aromatic heterocycles. The molecule has 2 aromatic rings. The van der Waals surface area contributed by atoms with Crippen molar-refractivity contribution in [3.63, 3.8) is 0 Å². The Hall–Kier alpha value is -0.640. The van der Waals surface area contributed by atoms with E-state index in [9.17, 15) is 0 Å². The third-order valence-corrected chi connectivity index (χ3v) is 3.22. The second-order valence-corrected chi connectivity index (χ2v) is 4.33. The Morgan fingerprint density at radius 3 is 1.80 bits per heavy atom. The summed E-state index contributed by atoms with van der Waals surface area (Å²) in [5, 5.41) is 16.6. The summed E-state index contributed by atoms with van der Waals surface area (Å²) < 4.78 is 0. The van der Waals surface area contributed by atoms with Crippen LogP contribution in [0, 0.1) is 0 Å². The van der Waals surface area contributed by atoms with Gasteiger partial charge in [0.25, 0.3) is 0 Å². The lowest BCUT2D eigenvalue weighted by molar-refractivity contribution is 0.282. The van der Waals surface area contributed by atoms with Gasteiger partial charge in [0.2, 0.25) is 0 Å². The van der Waals surface area contributed by atoms with Crippen molar-refractivity contribution in [3.8, 4) is 0 Å². The van der Waals surface area contributed by atoms with E-state index < -0.39 is 0 Å². The van der Waals surface area contributed by atoms with Gasteiger partial charge in [-0.2, -0.15) is 22.7 Å². The minimum atomic E-state index is 0. The highest BCUT2D eigenvalue weighted by atomic mass is 32.1. The number of rotatable bonds is 2. The molecule has 0 radical (unpaired) electrons. The first-order valence-corrected chi connectivity index (χ1v) is 6.38. The van der Waals surface area contributed by atoms with Gasteiger partial charge in [0.05, 0.1) is 6.61 Å². The van der Waals surface area contributed by atoms with E-state index in [4.69, 9.17) is 5.11 Å². The number of thiophene rings is 2. The normalized spacial score (nSPS) is 8.67. The summed E-state index contributed by atoms with van der Waals surface area (Å²) >= 11 is 3.37. The lowest BCUT2D eigenvalue weighted by Crippen LogP contribution is -1.71. The van der Waals surface area contributed by atoms with Gasteiger partial charge in [0.15, 0.2) is 0 Å². The third-order valence-electron chi connectivity index (χ3n) is 1.75. The van der Waals surface area contributed by atoms with E-state index in [1.54, 1.807) is 22.7 Å². The van der Waals surface area contributed by atoms with Crippen molar-refractivity contribution in [3.05, 3.63) is 44.8 Å². The Morgan fingerprint density at radius 2 is 1.60 bits per heavy atom. The van der Waals surface area contributed by atoms with E-state index in [0.717, 1.165) is 5.56 Å². The van der Waals surface area contributed by atoms with Crippen LogP contribution in [0.15, 0.2) is 33.7 Å². The molecular formula is C12H18OS2. The predicted molar refractivity (Wildman–Crippen MR) is 70.7 cm³/mol. The van der Waals surface area contributed by atoms with Crippen molar-refractivity contribution in [2.24, 2.45) is 0 Å². The van der Waals surface area contributed by atoms with Crippen LogP contribution >= 0.6 is 22.7 Å². The Balaban J connectivity index is 0.000000245. The Morgan fingerprint density at radius 1 is 1.07 bits per heavy atom. The molecule has 0 spiro atoms. The maximum Gasteiger partial charge on any atom is 0.0689 e. The zero-order valence-electron chi connectivity index (χ0n) is 8.14. The molecule has 1 nitrogen and oxygen atoms in total. The topological polar surface area (TPSA) is 20.2 Å². The molecule has 3 heteroatoms. The first-order chi connectivity index (χ1) is 6.86. The molecule has 0 unspecified atom stereocenters. The maximum atomic E-state index is 8.43.